The summed E-state index contributed by atoms with van der Waals surface area (Å²) in [6.45, 7) is 3.15. The van der Waals surface area contributed by atoms with Gasteiger partial charge in [0.1, 0.15) is 6.07 Å². The van der Waals surface area contributed by atoms with E-state index in [1.165, 1.54) is 0 Å². The van der Waals surface area contributed by atoms with Crippen molar-refractivity contribution >= 4 is 11.6 Å². The molecule has 9 heavy (non-hydrogen) atoms. The summed E-state index contributed by atoms with van der Waals surface area (Å²) in [5.41, 5.74) is 0. The molecule has 1 aliphatic rings. The van der Waals surface area contributed by atoms with E-state index in [1.807, 2.05) is 5.06 Å². The lowest BCUT2D eigenvalue weighted by Gasteiger charge is -2.24. The minimum Gasteiger partial charge on any atom is -0.379 e. The Morgan fingerprint density at radius 3 is 2.67 bits per heavy atom. The van der Waals surface area contributed by atoms with Crippen molar-refractivity contribution in [3.8, 4) is 0 Å². The molecule has 0 aromatic heterocycles. The van der Waals surface area contributed by atoms with Gasteiger partial charge in [-0.05, 0) is 0 Å². The first-order valence-corrected chi connectivity index (χ1v) is 3.48. The van der Waals surface area contributed by atoms with Crippen molar-refractivity contribution in [1.29, 1.82) is 0 Å². The summed E-state index contributed by atoms with van der Waals surface area (Å²) in [6, 6.07) is 0.236. The molecule has 0 N–H and O–H groups in total. The number of ether oxygens (including phenoxy) is 1. The Bertz CT molecular complexity index is 72.6. The third-order valence-corrected chi connectivity index (χ3v) is 1.30. The zero-order valence-corrected chi connectivity index (χ0v) is 5.93. The van der Waals surface area contributed by atoms with Gasteiger partial charge in [-0.15, -0.1) is 0 Å². The molecule has 54 valence electrons. The van der Waals surface area contributed by atoms with Crippen LogP contribution >= 0.6 is 11.6 Å². The Hall–Kier alpha value is 0.170. The van der Waals surface area contributed by atoms with Crippen LogP contribution in [0.1, 0.15) is 0 Å². The normalized spacial score (nSPS) is 22.3. The molecule has 3 nitrogen and oxygen atoms in total. The predicted octanol–water partition coefficient (Wildman–Crippen LogP) is 0.447. The van der Waals surface area contributed by atoms with Crippen molar-refractivity contribution < 1.29 is 9.57 Å². The first kappa shape index (κ1) is 7.28. The van der Waals surface area contributed by atoms with Crippen LogP contribution < -0.4 is 0 Å². The van der Waals surface area contributed by atoms with E-state index in [4.69, 9.17) is 21.2 Å². The average Bonchev–Trinajstić information content (AvgIpc) is 1.91. The quantitative estimate of drug-likeness (QED) is 0.535. The van der Waals surface area contributed by atoms with Crippen LogP contribution in [-0.2, 0) is 9.57 Å². The van der Waals surface area contributed by atoms with Gasteiger partial charge in [0.15, 0.2) is 0 Å². The molecule has 4 heteroatoms. The fourth-order valence-electron chi connectivity index (χ4n) is 0.745. The number of nitrogens with zero attached hydrogens (tertiary/aromatic N) is 1. The first-order valence-electron chi connectivity index (χ1n) is 2.95. The Kier molecular flexibility index (Phi) is 3.28. The van der Waals surface area contributed by atoms with E-state index < -0.39 is 0 Å². The molecule has 1 heterocycles. The van der Waals surface area contributed by atoms with Crippen molar-refractivity contribution in [1.82, 2.24) is 5.06 Å². The van der Waals surface area contributed by atoms with E-state index in [2.05, 4.69) is 0 Å². The molecule has 1 saturated heterocycles. The topological polar surface area (TPSA) is 21.7 Å². The number of morpholine rings is 1. The van der Waals surface area contributed by atoms with E-state index in [9.17, 15) is 0 Å². The van der Waals surface area contributed by atoms with Crippen molar-refractivity contribution in [3.63, 3.8) is 0 Å². The highest BCUT2D eigenvalue weighted by Gasteiger charge is 2.08. The van der Waals surface area contributed by atoms with E-state index >= 15 is 0 Å². The Labute approximate surface area is 59.4 Å². The summed E-state index contributed by atoms with van der Waals surface area (Å²) in [4.78, 5) is 5.00. The Morgan fingerprint density at radius 2 is 2.11 bits per heavy atom. The molecule has 0 aromatic carbocycles. The minimum absolute atomic E-state index is 0.236. The molecular weight excluding hydrogens is 142 g/mol. The van der Waals surface area contributed by atoms with Gasteiger partial charge in [0.2, 0.25) is 0 Å². The molecule has 0 spiro atoms. The second-order valence-electron chi connectivity index (χ2n) is 1.78. The number of hydrogen-bond donors (Lipinski definition) is 0. The second-order valence-corrected chi connectivity index (χ2v) is 2.00. The van der Waals surface area contributed by atoms with E-state index in [0.29, 0.717) is 0 Å². The lowest BCUT2D eigenvalue weighted by atomic mass is 10.5. The predicted molar refractivity (Wildman–Crippen MR) is 34.2 cm³/mol. The molecule has 0 aromatic rings. The highest BCUT2D eigenvalue weighted by Crippen LogP contribution is 1.97. The largest absolute Gasteiger partial charge is 0.379 e. The summed E-state index contributed by atoms with van der Waals surface area (Å²) >= 11 is 5.33. The van der Waals surface area contributed by atoms with Gasteiger partial charge in [0.25, 0.3) is 0 Å². The van der Waals surface area contributed by atoms with Crippen LogP contribution in [0.3, 0.4) is 0 Å². The number of rotatable bonds is 2. The maximum atomic E-state index is 5.33. The van der Waals surface area contributed by atoms with Crippen LogP contribution in [0.25, 0.3) is 0 Å². The monoisotopic (exact) mass is 151 g/mol. The fourth-order valence-corrected chi connectivity index (χ4v) is 0.883. The van der Waals surface area contributed by atoms with Gasteiger partial charge in [-0.1, -0.05) is 11.6 Å². The van der Waals surface area contributed by atoms with Crippen LogP contribution in [0.5, 0.6) is 0 Å². The molecule has 1 rings (SSSR count). The number of hydroxylamine groups is 2. The van der Waals surface area contributed by atoms with Gasteiger partial charge in [0.05, 0.1) is 13.2 Å². The van der Waals surface area contributed by atoms with Crippen LogP contribution in [0, 0.1) is 0 Å². The van der Waals surface area contributed by atoms with Gasteiger partial charge in [-0.25, -0.2) is 0 Å². The van der Waals surface area contributed by atoms with Crippen molar-refractivity contribution in [2.24, 2.45) is 0 Å². The lowest BCUT2D eigenvalue weighted by Crippen LogP contribution is -2.35. The van der Waals surface area contributed by atoms with Crippen LogP contribution in [0.15, 0.2) is 0 Å². The molecule has 0 atom stereocenters. The van der Waals surface area contributed by atoms with E-state index in [-0.39, 0.29) is 6.07 Å². The molecule has 1 aliphatic heterocycles. The standard InChI is InChI=1S/C5H10ClNO2/c6-5-9-7-1-3-8-4-2-7/h1-5H2. The van der Waals surface area contributed by atoms with Gasteiger partial charge in [-0.3, -0.25) is 4.84 Å². The summed E-state index contributed by atoms with van der Waals surface area (Å²) in [7, 11) is 0. The van der Waals surface area contributed by atoms with Crippen LogP contribution in [-0.4, -0.2) is 37.4 Å². The Balaban J connectivity index is 2.08. The highest BCUT2D eigenvalue weighted by molar-refractivity contribution is 6.17. The molecular formula is C5H10ClNO2. The SMILES string of the molecule is ClCON1CCOCC1. The summed E-state index contributed by atoms with van der Waals surface area (Å²) in [5.74, 6) is 0. The summed E-state index contributed by atoms with van der Waals surface area (Å²) in [5, 5.41) is 1.82. The van der Waals surface area contributed by atoms with Crippen molar-refractivity contribution in [2.45, 2.75) is 0 Å². The highest BCUT2D eigenvalue weighted by atomic mass is 35.5. The van der Waals surface area contributed by atoms with Crippen LogP contribution in [0.4, 0.5) is 0 Å². The zero-order valence-electron chi connectivity index (χ0n) is 5.18. The fraction of sp³-hybridized carbons (Fsp3) is 1.00. The molecule has 0 amide bonds. The smallest absolute Gasteiger partial charge is 0.142 e. The van der Waals surface area contributed by atoms with Crippen molar-refractivity contribution in [3.05, 3.63) is 0 Å². The van der Waals surface area contributed by atoms with Crippen LogP contribution in [0.2, 0.25) is 0 Å². The number of hydrogen-bond acceptors (Lipinski definition) is 3. The summed E-state index contributed by atoms with van der Waals surface area (Å²) in [6.07, 6.45) is 0. The molecule has 0 saturated carbocycles. The molecule has 1 fully saturated rings. The maximum Gasteiger partial charge on any atom is 0.142 e. The van der Waals surface area contributed by atoms with Gasteiger partial charge in [-0.2, -0.15) is 5.06 Å². The average molecular weight is 152 g/mol. The number of alkyl halides is 1. The molecule has 0 radical (unpaired) electrons. The molecule has 0 bridgehead atoms. The lowest BCUT2D eigenvalue weighted by molar-refractivity contribution is -0.179. The van der Waals surface area contributed by atoms with Crippen molar-refractivity contribution in [2.75, 3.05) is 32.4 Å². The maximum absolute atomic E-state index is 5.33. The third kappa shape index (κ3) is 2.49. The summed E-state index contributed by atoms with van der Waals surface area (Å²) < 4.78 is 5.08. The van der Waals surface area contributed by atoms with Gasteiger partial charge >= 0.3 is 0 Å². The van der Waals surface area contributed by atoms with E-state index in [0.717, 1.165) is 26.3 Å². The minimum atomic E-state index is 0.236. The zero-order chi connectivity index (χ0) is 6.53. The second kappa shape index (κ2) is 4.06. The third-order valence-electron chi connectivity index (χ3n) is 1.20. The molecule has 0 aliphatic carbocycles. The van der Waals surface area contributed by atoms with Gasteiger partial charge < -0.3 is 4.74 Å². The first-order chi connectivity index (χ1) is 4.43. The van der Waals surface area contributed by atoms with Gasteiger partial charge in [0, 0.05) is 13.1 Å². The number of halogens is 1. The molecule has 0 unspecified atom stereocenters. The Morgan fingerprint density at radius 1 is 1.44 bits per heavy atom. The van der Waals surface area contributed by atoms with E-state index in [1.54, 1.807) is 0 Å².